The fourth-order valence-electron chi connectivity index (χ4n) is 4.64. The van der Waals surface area contributed by atoms with Crippen LogP contribution in [0.2, 0.25) is 0 Å². The molecule has 206 valence electrons. The Kier molecular flexibility index (Phi) is 8.97. The van der Waals surface area contributed by atoms with Crippen molar-refractivity contribution in [2.75, 3.05) is 0 Å². The van der Waals surface area contributed by atoms with Crippen LogP contribution in [0.5, 0.6) is 11.5 Å². The number of nitrogens with zero attached hydrogens (tertiary/aromatic N) is 4. The zero-order valence-corrected chi connectivity index (χ0v) is 25.3. The first-order valence-corrected chi connectivity index (χ1v) is 13.3. The van der Waals surface area contributed by atoms with E-state index < -0.39 is 0 Å². The van der Waals surface area contributed by atoms with Gasteiger partial charge in [0.25, 0.3) is 0 Å². The van der Waals surface area contributed by atoms with E-state index in [1.807, 2.05) is 99.0 Å². The van der Waals surface area contributed by atoms with E-state index in [-0.39, 0.29) is 21.1 Å². The summed E-state index contributed by atoms with van der Waals surface area (Å²) in [4.78, 5) is 4.59. The SMILES string of the molecule is CC#CC.[Pt+2].[c-]1c(Oc2[c-]c3c(cc2)c2ccccc2n3-c2ccccn2)cccc1-n1cc(-c2ccccc2)cn1. The summed E-state index contributed by atoms with van der Waals surface area (Å²) in [5.41, 5.74) is 4.94. The van der Waals surface area contributed by atoms with Crippen LogP contribution < -0.4 is 4.74 Å². The molecule has 0 atom stereocenters. The van der Waals surface area contributed by atoms with Crippen molar-refractivity contribution in [3.63, 3.8) is 0 Å². The van der Waals surface area contributed by atoms with Gasteiger partial charge in [0, 0.05) is 35.0 Å². The van der Waals surface area contributed by atoms with E-state index in [1.165, 1.54) is 0 Å². The Morgan fingerprint density at radius 3 is 2.24 bits per heavy atom. The molecule has 0 bridgehead atoms. The first-order chi connectivity index (χ1) is 20.2. The molecule has 0 radical (unpaired) electrons. The molecule has 0 amide bonds. The third-order valence-corrected chi connectivity index (χ3v) is 6.59. The van der Waals surface area contributed by atoms with Crippen molar-refractivity contribution in [3.05, 3.63) is 134 Å². The van der Waals surface area contributed by atoms with Gasteiger partial charge in [-0.25, -0.2) is 4.98 Å². The zero-order chi connectivity index (χ0) is 28.0. The first kappa shape index (κ1) is 28.6. The molecular formula is C36H26N4OPt. The standard InChI is InChI=1S/C32H20N4O.C4H6.Pt/c1-2-9-23(10-3-1)24-21-34-35(22-24)25-11-8-12-26(19-25)37-27-16-17-29-28-13-4-5-14-30(28)36(31(29)20-27)32-15-6-7-18-33-32;1-3-4-2;/h1-18,21-22H;1-2H3;/q-2;;+2. The van der Waals surface area contributed by atoms with Crippen molar-refractivity contribution in [1.82, 2.24) is 19.3 Å². The average Bonchev–Trinajstić information content (AvgIpc) is 3.66. The maximum atomic E-state index is 6.24. The molecule has 3 heterocycles. The van der Waals surface area contributed by atoms with E-state index in [4.69, 9.17) is 4.74 Å². The topological polar surface area (TPSA) is 44.9 Å². The van der Waals surface area contributed by atoms with Gasteiger partial charge in [-0.3, -0.25) is 4.68 Å². The number of benzene rings is 4. The van der Waals surface area contributed by atoms with Crippen LogP contribution in [0.4, 0.5) is 0 Å². The smallest absolute Gasteiger partial charge is 0.509 e. The Hall–Kier alpha value is -4.91. The average molecular weight is 726 g/mol. The number of fused-ring (bicyclic) bond motifs is 3. The number of para-hydroxylation sites is 1. The summed E-state index contributed by atoms with van der Waals surface area (Å²) in [7, 11) is 0. The normalized spacial score (nSPS) is 10.2. The molecule has 0 saturated carbocycles. The zero-order valence-electron chi connectivity index (χ0n) is 23.1. The minimum atomic E-state index is 0. The molecule has 6 heteroatoms. The molecule has 3 aromatic heterocycles. The van der Waals surface area contributed by atoms with E-state index in [9.17, 15) is 0 Å². The third kappa shape index (κ3) is 5.91. The predicted molar refractivity (Wildman–Crippen MR) is 164 cm³/mol. The quantitative estimate of drug-likeness (QED) is 0.132. The summed E-state index contributed by atoms with van der Waals surface area (Å²) >= 11 is 0. The predicted octanol–water partition coefficient (Wildman–Crippen LogP) is 8.45. The molecule has 0 N–H and O–H groups in total. The molecule has 4 aromatic carbocycles. The van der Waals surface area contributed by atoms with Crippen LogP contribution in [0.25, 0.3) is 44.4 Å². The van der Waals surface area contributed by atoms with Crippen molar-refractivity contribution in [3.8, 4) is 46.0 Å². The summed E-state index contributed by atoms with van der Waals surface area (Å²) in [6.07, 6.45) is 5.65. The molecule has 5 nitrogen and oxygen atoms in total. The molecule has 0 aliphatic rings. The van der Waals surface area contributed by atoms with Gasteiger partial charge in [0.15, 0.2) is 0 Å². The van der Waals surface area contributed by atoms with Gasteiger partial charge >= 0.3 is 21.1 Å². The maximum absolute atomic E-state index is 6.24. The third-order valence-electron chi connectivity index (χ3n) is 6.59. The Labute approximate surface area is 259 Å². The molecule has 0 spiro atoms. The first-order valence-electron chi connectivity index (χ1n) is 13.3. The van der Waals surface area contributed by atoms with Crippen LogP contribution >= 0.6 is 0 Å². The van der Waals surface area contributed by atoms with Crippen molar-refractivity contribution in [1.29, 1.82) is 0 Å². The van der Waals surface area contributed by atoms with Gasteiger partial charge in [0.1, 0.15) is 5.82 Å². The molecule has 42 heavy (non-hydrogen) atoms. The second-order valence-electron chi connectivity index (χ2n) is 9.17. The fraction of sp³-hybridized carbons (Fsp3) is 0.0556. The molecule has 0 fully saturated rings. The monoisotopic (exact) mass is 725 g/mol. The summed E-state index contributed by atoms with van der Waals surface area (Å²) in [6.45, 7) is 3.64. The molecule has 7 aromatic rings. The molecule has 7 rings (SSSR count). The number of pyridine rings is 1. The van der Waals surface area contributed by atoms with E-state index >= 15 is 0 Å². The van der Waals surface area contributed by atoms with Gasteiger partial charge in [-0.05, 0) is 48.7 Å². The van der Waals surface area contributed by atoms with Crippen molar-refractivity contribution in [2.24, 2.45) is 0 Å². The number of ether oxygens (including phenoxy) is 1. The summed E-state index contributed by atoms with van der Waals surface area (Å²) in [5, 5.41) is 6.77. The summed E-state index contributed by atoms with van der Waals surface area (Å²) < 4.78 is 10.2. The number of hydrogen-bond donors (Lipinski definition) is 0. The Morgan fingerprint density at radius 2 is 1.45 bits per heavy atom. The van der Waals surface area contributed by atoms with E-state index in [0.717, 1.165) is 44.4 Å². The van der Waals surface area contributed by atoms with E-state index in [1.54, 1.807) is 10.9 Å². The van der Waals surface area contributed by atoms with Gasteiger partial charge in [-0.15, -0.1) is 47.6 Å². The van der Waals surface area contributed by atoms with Gasteiger partial charge in [-0.2, -0.15) is 17.2 Å². The van der Waals surface area contributed by atoms with Crippen LogP contribution in [0.15, 0.2) is 122 Å². The van der Waals surface area contributed by atoms with Crippen molar-refractivity contribution < 1.29 is 25.8 Å². The minimum Gasteiger partial charge on any atom is -0.509 e. The van der Waals surface area contributed by atoms with Crippen LogP contribution in [-0.2, 0) is 21.1 Å². The van der Waals surface area contributed by atoms with Crippen LogP contribution in [0, 0.1) is 24.0 Å². The molecular weight excluding hydrogens is 700 g/mol. The molecule has 0 unspecified atom stereocenters. The summed E-state index contributed by atoms with van der Waals surface area (Å²) in [6, 6.07) is 41.0. The molecule has 0 aliphatic heterocycles. The second-order valence-corrected chi connectivity index (χ2v) is 9.17. The van der Waals surface area contributed by atoms with E-state index in [0.29, 0.717) is 11.5 Å². The van der Waals surface area contributed by atoms with Gasteiger partial charge < -0.3 is 9.30 Å². The maximum Gasteiger partial charge on any atom is 2.00 e. The van der Waals surface area contributed by atoms with Gasteiger partial charge in [0.2, 0.25) is 0 Å². The van der Waals surface area contributed by atoms with Crippen LogP contribution in [-0.4, -0.2) is 19.3 Å². The van der Waals surface area contributed by atoms with Gasteiger partial charge in [0.05, 0.1) is 6.20 Å². The van der Waals surface area contributed by atoms with Crippen molar-refractivity contribution >= 4 is 21.8 Å². The number of aromatic nitrogens is 4. The number of hydrogen-bond acceptors (Lipinski definition) is 3. The van der Waals surface area contributed by atoms with Gasteiger partial charge in [-0.1, -0.05) is 60.1 Å². The Morgan fingerprint density at radius 1 is 0.690 bits per heavy atom. The Balaban J connectivity index is 0.000000665. The minimum absolute atomic E-state index is 0. The number of rotatable bonds is 5. The van der Waals surface area contributed by atoms with Crippen molar-refractivity contribution in [2.45, 2.75) is 13.8 Å². The largest absolute Gasteiger partial charge is 2.00 e. The second kappa shape index (κ2) is 13.2. The van der Waals surface area contributed by atoms with E-state index in [2.05, 4.69) is 69.0 Å². The summed E-state index contributed by atoms with van der Waals surface area (Å²) in [5.74, 6) is 7.39. The Bertz CT molecular complexity index is 1990. The van der Waals surface area contributed by atoms with Crippen LogP contribution in [0.1, 0.15) is 13.8 Å². The fourth-order valence-corrected chi connectivity index (χ4v) is 4.64. The van der Waals surface area contributed by atoms with Crippen LogP contribution in [0.3, 0.4) is 0 Å². The molecule has 0 aliphatic carbocycles. The molecule has 0 saturated heterocycles.